The van der Waals surface area contributed by atoms with Crippen molar-refractivity contribution in [2.45, 2.75) is 91.6 Å². The monoisotopic (exact) mass is 548 g/mol. The number of benzene rings is 1. The number of aromatic nitrogens is 2. The molecule has 0 aliphatic rings. The third-order valence-electron chi connectivity index (χ3n) is 4.47. The van der Waals surface area contributed by atoms with Crippen molar-refractivity contribution in [3.63, 3.8) is 0 Å². The average molecular weight is 549 g/mol. The Morgan fingerprint density at radius 3 is 1.97 bits per heavy atom. The quantitative estimate of drug-likeness (QED) is 0.352. The second kappa shape index (κ2) is 11.3. The van der Waals surface area contributed by atoms with Gasteiger partial charge in [0.2, 0.25) is 11.7 Å². The fourth-order valence-corrected chi connectivity index (χ4v) is 3.17. The molecule has 0 bridgehead atoms. The normalized spacial score (nSPS) is 12.8. The number of carbonyl (C=O) groups is 5. The number of carboxylic acid groups (broad SMARTS) is 1. The molecule has 2 amide bonds. The van der Waals surface area contributed by atoms with Gasteiger partial charge in [-0.25, -0.2) is 23.9 Å². The van der Waals surface area contributed by atoms with Gasteiger partial charge >= 0.3 is 24.1 Å². The molecule has 13 heteroatoms. The molecule has 0 saturated heterocycles. The summed E-state index contributed by atoms with van der Waals surface area (Å²) in [7, 11) is 0. The lowest BCUT2D eigenvalue weighted by Gasteiger charge is -2.22. The Kier molecular flexibility index (Phi) is 9.00. The van der Waals surface area contributed by atoms with Crippen LogP contribution < -0.4 is 10.6 Å². The number of aliphatic carboxylic acids is 1. The molecule has 0 saturated carbocycles. The number of alkyl carbamates (subject to hydrolysis) is 1. The van der Waals surface area contributed by atoms with Crippen LogP contribution in [0.25, 0.3) is 11.0 Å². The van der Waals surface area contributed by atoms with E-state index in [1.54, 1.807) is 62.3 Å². The summed E-state index contributed by atoms with van der Waals surface area (Å²) in [4.78, 5) is 66.4. The molecule has 0 spiro atoms. The maximum Gasteiger partial charge on any atom is 0.420 e. The maximum absolute atomic E-state index is 13.0. The van der Waals surface area contributed by atoms with Crippen LogP contribution in [0.15, 0.2) is 18.2 Å². The highest BCUT2D eigenvalue weighted by Gasteiger charge is 2.31. The first kappa shape index (κ1) is 31.1. The highest BCUT2D eigenvalue weighted by molar-refractivity contribution is 6.02. The summed E-state index contributed by atoms with van der Waals surface area (Å²) >= 11 is 0. The number of nitrogens with zero attached hydrogens (tertiary/aromatic N) is 2. The minimum Gasteiger partial charge on any atom is -0.481 e. The summed E-state index contributed by atoms with van der Waals surface area (Å²) in [5, 5.41) is 14.0. The van der Waals surface area contributed by atoms with Crippen LogP contribution in [-0.4, -0.2) is 67.5 Å². The molecule has 1 aromatic carbocycles. The molecule has 1 atom stereocenters. The molecule has 13 nitrogen and oxygen atoms in total. The molecule has 3 N–H and O–H groups in total. The zero-order valence-electron chi connectivity index (χ0n) is 23.6. The third kappa shape index (κ3) is 9.58. The van der Waals surface area contributed by atoms with Crippen LogP contribution in [0.2, 0.25) is 0 Å². The summed E-state index contributed by atoms with van der Waals surface area (Å²) in [6, 6.07) is 2.79. The van der Waals surface area contributed by atoms with Gasteiger partial charge in [0.1, 0.15) is 22.8 Å². The van der Waals surface area contributed by atoms with E-state index in [2.05, 4.69) is 15.6 Å². The molecule has 2 aromatic rings. The van der Waals surface area contributed by atoms with E-state index in [1.807, 2.05) is 0 Å². The standard InChI is InChI=1S/C26H36N4O9/c1-24(2,3)37-21(34)19-28-15-12-14(10-11-17(15)30(19)23(36)39-26(7,8)9)27-20(33)16(13-18(31)32)29-22(35)38-25(4,5)6/h10-12,16H,13H2,1-9H3,(H,27,33)(H,29,35)(H,31,32)/t16-/m0/s1. The number of esters is 1. The van der Waals surface area contributed by atoms with Crippen LogP contribution in [-0.2, 0) is 23.8 Å². The van der Waals surface area contributed by atoms with Gasteiger partial charge in [0, 0.05) is 5.69 Å². The molecule has 1 heterocycles. The topological polar surface area (TPSA) is 175 Å². The molecule has 0 radical (unpaired) electrons. The van der Waals surface area contributed by atoms with E-state index in [4.69, 9.17) is 14.2 Å². The SMILES string of the molecule is CC(C)(C)OC(=O)N[C@@H](CC(=O)O)C(=O)Nc1ccc2c(c1)nc(C(=O)OC(C)(C)C)n2C(=O)OC(C)(C)C. The van der Waals surface area contributed by atoms with E-state index in [-0.39, 0.29) is 22.5 Å². The predicted molar refractivity (Wildman–Crippen MR) is 141 cm³/mol. The van der Waals surface area contributed by atoms with Gasteiger partial charge in [-0.1, -0.05) is 0 Å². The largest absolute Gasteiger partial charge is 0.481 e. The summed E-state index contributed by atoms with van der Waals surface area (Å²) < 4.78 is 16.9. The van der Waals surface area contributed by atoms with Crippen LogP contribution in [0.5, 0.6) is 0 Å². The number of carbonyl (C=O) groups excluding carboxylic acids is 4. The minimum atomic E-state index is -1.45. The predicted octanol–water partition coefficient (Wildman–Crippen LogP) is 4.08. The van der Waals surface area contributed by atoms with Crippen molar-refractivity contribution in [3.05, 3.63) is 24.0 Å². The van der Waals surface area contributed by atoms with Crippen LogP contribution in [0.3, 0.4) is 0 Å². The van der Waals surface area contributed by atoms with E-state index in [9.17, 15) is 29.1 Å². The zero-order valence-corrected chi connectivity index (χ0v) is 23.6. The summed E-state index contributed by atoms with van der Waals surface area (Å²) in [6.07, 6.45) is -2.52. The van der Waals surface area contributed by atoms with Gasteiger partial charge in [0.15, 0.2) is 0 Å². The van der Waals surface area contributed by atoms with E-state index >= 15 is 0 Å². The van der Waals surface area contributed by atoms with Gasteiger partial charge < -0.3 is 30.0 Å². The molecular weight excluding hydrogens is 512 g/mol. The van der Waals surface area contributed by atoms with Gasteiger partial charge in [0.25, 0.3) is 0 Å². The Balaban J connectivity index is 2.43. The second-order valence-electron chi connectivity index (χ2n) is 11.7. The van der Waals surface area contributed by atoms with Crippen molar-refractivity contribution in [1.29, 1.82) is 0 Å². The smallest absolute Gasteiger partial charge is 0.420 e. The molecule has 0 fully saturated rings. The Bertz CT molecular complexity index is 1280. The Morgan fingerprint density at radius 1 is 0.897 bits per heavy atom. The maximum atomic E-state index is 13.0. The number of anilines is 1. The average Bonchev–Trinajstić information content (AvgIpc) is 3.08. The number of carboxylic acids is 1. The van der Waals surface area contributed by atoms with Crippen LogP contribution in [0.4, 0.5) is 15.3 Å². The number of amides is 2. The first-order chi connectivity index (χ1) is 17.6. The molecule has 0 aliphatic heterocycles. The zero-order chi connectivity index (χ0) is 29.9. The minimum absolute atomic E-state index is 0.148. The fraction of sp³-hybridized carbons (Fsp3) is 0.538. The first-order valence-electron chi connectivity index (χ1n) is 12.2. The first-order valence-corrected chi connectivity index (χ1v) is 12.2. The van der Waals surface area contributed by atoms with Crippen molar-refractivity contribution >= 4 is 46.8 Å². The summed E-state index contributed by atoms with van der Waals surface area (Å²) in [6.45, 7) is 14.9. The number of hydrogen-bond donors (Lipinski definition) is 3. The second-order valence-corrected chi connectivity index (χ2v) is 11.7. The van der Waals surface area contributed by atoms with Crippen molar-refractivity contribution in [2.75, 3.05) is 5.32 Å². The molecular formula is C26H36N4O9. The van der Waals surface area contributed by atoms with E-state index in [1.165, 1.54) is 18.2 Å². The highest BCUT2D eigenvalue weighted by atomic mass is 16.6. The lowest BCUT2D eigenvalue weighted by molar-refractivity contribution is -0.139. The van der Waals surface area contributed by atoms with E-state index < -0.39 is 59.3 Å². The lowest BCUT2D eigenvalue weighted by Crippen LogP contribution is -2.46. The molecule has 1 aromatic heterocycles. The molecule has 0 aliphatic carbocycles. The van der Waals surface area contributed by atoms with Gasteiger partial charge in [-0.3, -0.25) is 9.59 Å². The van der Waals surface area contributed by atoms with Gasteiger partial charge in [-0.05, 0) is 80.5 Å². The Hall–Kier alpha value is -4.16. The third-order valence-corrected chi connectivity index (χ3v) is 4.47. The summed E-state index contributed by atoms with van der Waals surface area (Å²) in [5.41, 5.74) is -2.08. The fourth-order valence-electron chi connectivity index (χ4n) is 3.17. The van der Waals surface area contributed by atoms with E-state index in [0.29, 0.717) is 0 Å². The van der Waals surface area contributed by atoms with Crippen molar-refractivity contribution in [1.82, 2.24) is 14.9 Å². The summed E-state index contributed by atoms with van der Waals surface area (Å²) in [5.74, 6) is -3.34. The number of fused-ring (bicyclic) bond motifs is 1. The van der Waals surface area contributed by atoms with Crippen molar-refractivity contribution < 1.29 is 43.3 Å². The number of nitrogens with one attached hydrogen (secondary N) is 2. The van der Waals surface area contributed by atoms with Crippen LogP contribution in [0, 0.1) is 0 Å². The van der Waals surface area contributed by atoms with Crippen LogP contribution >= 0.6 is 0 Å². The molecule has 2 rings (SSSR count). The lowest BCUT2D eigenvalue weighted by atomic mass is 10.1. The molecule has 214 valence electrons. The molecule has 0 unspecified atom stereocenters. The number of imidazole rings is 1. The Labute approximate surface area is 226 Å². The van der Waals surface area contributed by atoms with Gasteiger partial charge in [-0.15, -0.1) is 0 Å². The molecule has 39 heavy (non-hydrogen) atoms. The number of ether oxygens (including phenoxy) is 3. The van der Waals surface area contributed by atoms with Crippen LogP contribution in [0.1, 0.15) is 79.4 Å². The van der Waals surface area contributed by atoms with Crippen molar-refractivity contribution in [2.24, 2.45) is 0 Å². The highest BCUT2D eigenvalue weighted by Crippen LogP contribution is 2.24. The number of rotatable bonds is 6. The van der Waals surface area contributed by atoms with E-state index in [0.717, 1.165) is 4.57 Å². The van der Waals surface area contributed by atoms with Crippen molar-refractivity contribution in [3.8, 4) is 0 Å². The van der Waals surface area contributed by atoms with Gasteiger partial charge in [-0.2, -0.15) is 0 Å². The number of hydrogen-bond acceptors (Lipinski definition) is 9. The van der Waals surface area contributed by atoms with Gasteiger partial charge in [0.05, 0.1) is 17.5 Å². The Morgan fingerprint density at radius 2 is 1.46 bits per heavy atom.